The fraction of sp³-hybridized carbons (Fsp3) is 0. The van der Waals surface area contributed by atoms with Crippen LogP contribution in [0.5, 0.6) is 0 Å². The van der Waals surface area contributed by atoms with Gasteiger partial charge in [0.05, 0.1) is 16.7 Å². The van der Waals surface area contributed by atoms with Crippen molar-refractivity contribution >= 4 is 27.5 Å². The number of benzene rings is 1. The third-order valence-electron chi connectivity index (χ3n) is 2.17. The molecule has 0 spiro atoms. The zero-order chi connectivity index (χ0) is 12.6. The Hall–Kier alpha value is -0.990. The molecule has 0 bridgehead atoms. The average molecular weight is 275 g/mol. The van der Waals surface area contributed by atoms with Gasteiger partial charge in [0.1, 0.15) is 0 Å². The van der Waals surface area contributed by atoms with E-state index in [1.54, 1.807) is 0 Å². The molecule has 0 radical (unpaired) electrons. The van der Waals surface area contributed by atoms with E-state index in [0.29, 0.717) is 5.56 Å². The van der Waals surface area contributed by atoms with Crippen molar-refractivity contribution < 1.29 is 52.1 Å². The number of carbonyl (C=O) groups excluding carboxylic acids is 2. The molecular formula is C10H6NNaO5S. The van der Waals surface area contributed by atoms with Crippen molar-refractivity contribution in [2.24, 2.45) is 0 Å². The molecule has 8 heteroatoms. The van der Waals surface area contributed by atoms with Crippen LogP contribution in [0.4, 0.5) is 0 Å². The van der Waals surface area contributed by atoms with E-state index in [0.717, 1.165) is 18.2 Å². The van der Waals surface area contributed by atoms with Crippen LogP contribution >= 0.6 is 0 Å². The maximum absolute atomic E-state index is 11.2. The Morgan fingerprint density at radius 3 is 2.00 bits per heavy atom. The molecule has 88 valence electrons. The van der Waals surface area contributed by atoms with Crippen molar-refractivity contribution in [3.8, 4) is 0 Å². The van der Waals surface area contributed by atoms with Crippen molar-refractivity contribution in [3.63, 3.8) is 0 Å². The topological polar surface area (TPSA) is 103 Å². The van der Waals surface area contributed by atoms with Gasteiger partial charge in [-0.1, -0.05) is 12.1 Å². The van der Waals surface area contributed by atoms with Gasteiger partial charge in [-0.25, -0.2) is 0 Å². The number of hydrogen-bond donors (Lipinski definition) is 1. The molecule has 1 heterocycles. The van der Waals surface area contributed by atoms with Gasteiger partial charge < -0.3 is 14.9 Å². The van der Waals surface area contributed by atoms with Gasteiger partial charge in [0.2, 0.25) is 0 Å². The first-order valence-electron chi connectivity index (χ1n) is 4.47. The zero-order valence-electron chi connectivity index (χ0n) is 9.32. The molecule has 1 aliphatic heterocycles. The molecule has 0 saturated carbocycles. The number of rotatable bonds is 2. The van der Waals surface area contributed by atoms with E-state index >= 15 is 0 Å². The molecule has 1 aliphatic rings. The van der Waals surface area contributed by atoms with Crippen molar-refractivity contribution in [1.29, 1.82) is 0 Å². The monoisotopic (exact) mass is 275 g/mol. The first-order valence-corrected chi connectivity index (χ1v) is 5.91. The average Bonchev–Trinajstić information content (AvgIpc) is 2.57. The van der Waals surface area contributed by atoms with Crippen LogP contribution in [0, 0.1) is 0 Å². The van der Waals surface area contributed by atoms with Gasteiger partial charge >= 0.3 is 29.6 Å². The number of imide groups is 1. The molecule has 0 saturated heterocycles. The smallest absolute Gasteiger partial charge is 0.588 e. The molecule has 2 amide bonds. The van der Waals surface area contributed by atoms with Crippen LogP contribution in [0.2, 0.25) is 0 Å². The summed E-state index contributed by atoms with van der Waals surface area (Å²) in [6.45, 7) is 0. The Labute approximate surface area is 125 Å². The predicted octanol–water partition coefficient (Wildman–Crippen LogP) is -2.24. The molecule has 0 unspecified atom stereocenters. The van der Waals surface area contributed by atoms with E-state index < -0.39 is 21.9 Å². The van der Waals surface area contributed by atoms with Crippen LogP contribution in [0.3, 0.4) is 0 Å². The van der Waals surface area contributed by atoms with Crippen LogP contribution in [0.25, 0.3) is 10.9 Å². The standard InChI is InChI=1S/C10H7NO5S.Na/c12-9-5-8(10(13)11-9)6-1-3-7(4-2-6)17(14,15)16;/h1-5H,(H2,11,12,13,14,15,16);/q;+1/p-1. The van der Waals surface area contributed by atoms with Gasteiger partial charge in [-0.05, 0) is 23.8 Å². The number of hydrogen-bond acceptors (Lipinski definition) is 4. The second-order valence-corrected chi connectivity index (χ2v) is 4.73. The number of carbonyl (C=O) groups is 2. The fourth-order valence-electron chi connectivity index (χ4n) is 1.39. The maximum Gasteiger partial charge on any atom is 1.00 e. The number of nitrogens with zero attached hydrogens (tertiary/aromatic N) is 1. The summed E-state index contributed by atoms with van der Waals surface area (Å²) in [6.07, 6.45) is 1.07. The summed E-state index contributed by atoms with van der Waals surface area (Å²) in [5, 5.41) is 3.18. The van der Waals surface area contributed by atoms with E-state index in [1.807, 2.05) is 0 Å². The van der Waals surface area contributed by atoms with E-state index in [-0.39, 0.29) is 40.0 Å². The summed E-state index contributed by atoms with van der Waals surface area (Å²) in [4.78, 5) is 21.8. The molecule has 1 aromatic carbocycles. The summed E-state index contributed by atoms with van der Waals surface area (Å²) in [5.74, 6) is -1.29. The summed E-state index contributed by atoms with van der Waals surface area (Å²) >= 11 is 0. The molecule has 0 atom stereocenters. The first kappa shape index (κ1) is 15.1. The van der Waals surface area contributed by atoms with E-state index in [4.69, 9.17) is 4.55 Å². The second-order valence-electron chi connectivity index (χ2n) is 3.31. The minimum Gasteiger partial charge on any atom is -0.588 e. The van der Waals surface area contributed by atoms with Gasteiger partial charge in [0.25, 0.3) is 10.1 Å². The maximum atomic E-state index is 11.2. The van der Waals surface area contributed by atoms with Gasteiger partial charge in [0.15, 0.2) is 0 Å². The molecule has 18 heavy (non-hydrogen) atoms. The quantitative estimate of drug-likeness (QED) is 0.373. The van der Waals surface area contributed by atoms with Gasteiger partial charge in [-0.15, -0.1) is 0 Å². The Morgan fingerprint density at radius 1 is 1.06 bits per heavy atom. The zero-order valence-corrected chi connectivity index (χ0v) is 12.1. The summed E-state index contributed by atoms with van der Waals surface area (Å²) < 4.78 is 30.3. The third kappa shape index (κ3) is 3.06. The second kappa shape index (κ2) is 5.33. The van der Waals surface area contributed by atoms with Gasteiger partial charge in [0, 0.05) is 5.57 Å². The normalized spacial score (nSPS) is 14.8. The van der Waals surface area contributed by atoms with Crippen LogP contribution in [-0.2, 0) is 19.7 Å². The minimum atomic E-state index is -4.26. The van der Waals surface area contributed by atoms with Gasteiger partial charge in [-0.2, -0.15) is 8.42 Å². The summed E-state index contributed by atoms with van der Waals surface area (Å²) in [6, 6.07) is 4.92. The predicted molar refractivity (Wildman–Crippen MR) is 57.6 cm³/mol. The number of amides is 2. The Bertz CT molecular complexity index is 633. The SMILES string of the molecule is O=C1C=C(c2ccc(S(=O)(=O)O)cc2)C(=O)[N-]1.[Na+]. The third-order valence-corrected chi connectivity index (χ3v) is 3.04. The van der Waals surface area contributed by atoms with Crippen LogP contribution < -0.4 is 29.6 Å². The Kier molecular flexibility index (Phi) is 4.46. The van der Waals surface area contributed by atoms with Crippen LogP contribution in [0.15, 0.2) is 35.2 Å². The molecular weight excluding hydrogens is 269 g/mol. The van der Waals surface area contributed by atoms with Gasteiger partial charge in [-0.3, -0.25) is 4.55 Å². The van der Waals surface area contributed by atoms with E-state index in [2.05, 4.69) is 5.32 Å². The Balaban J connectivity index is 0.00000162. The fourth-order valence-corrected chi connectivity index (χ4v) is 1.87. The van der Waals surface area contributed by atoms with Crippen molar-refractivity contribution in [1.82, 2.24) is 0 Å². The Morgan fingerprint density at radius 2 is 1.61 bits per heavy atom. The van der Waals surface area contributed by atoms with Crippen molar-refractivity contribution in [2.45, 2.75) is 4.90 Å². The molecule has 1 N–H and O–H groups in total. The first-order chi connectivity index (χ1) is 7.88. The van der Waals surface area contributed by atoms with Crippen LogP contribution in [0.1, 0.15) is 5.56 Å². The van der Waals surface area contributed by atoms with Crippen LogP contribution in [-0.4, -0.2) is 24.8 Å². The molecule has 2 rings (SSSR count). The summed E-state index contributed by atoms with van der Waals surface area (Å²) in [7, 11) is -4.26. The largest absolute Gasteiger partial charge is 1.00 e. The molecule has 0 fully saturated rings. The van der Waals surface area contributed by atoms with E-state index in [9.17, 15) is 18.0 Å². The van der Waals surface area contributed by atoms with Crippen molar-refractivity contribution in [3.05, 3.63) is 41.2 Å². The van der Waals surface area contributed by atoms with Crippen molar-refractivity contribution in [2.75, 3.05) is 0 Å². The molecule has 0 aliphatic carbocycles. The van der Waals surface area contributed by atoms with E-state index in [1.165, 1.54) is 12.1 Å². The molecule has 1 aromatic rings. The minimum absolute atomic E-state index is 0. The summed E-state index contributed by atoms with van der Waals surface area (Å²) in [5.41, 5.74) is 0.480. The molecule has 6 nitrogen and oxygen atoms in total. The molecule has 0 aromatic heterocycles.